The first-order valence-electron chi connectivity index (χ1n) is 9.27. The molecule has 2 N–H and O–H groups in total. The highest BCUT2D eigenvalue weighted by atomic mass is 31.2. The van der Waals surface area contributed by atoms with Crippen molar-refractivity contribution < 1.29 is 23.4 Å². The van der Waals surface area contributed by atoms with Crippen LogP contribution < -0.4 is 0 Å². The summed E-state index contributed by atoms with van der Waals surface area (Å²) in [5, 5.41) is 0. The number of quaternary nitrogens is 1. The molecule has 0 aromatic heterocycles. The summed E-state index contributed by atoms with van der Waals surface area (Å²) in [4.78, 5) is 15.4. The Morgan fingerprint density at radius 2 is 0.957 bits per heavy atom. The van der Waals surface area contributed by atoms with Crippen LogP contribution in [0.25, 0.3) is 0 Å². The molecule has 0 aliphatic heterocycles. The van der Waals surface area contributed by atoms with Crippen molar-refractivity contribution in [2.45, 2.75) is 79.1 Å². The van der Waals surface area contributed by atoms with Crippen molar-refractivity contribution in [3.8, 4) is 0 Å². The van der Waals surface area contributed by atoms with Crippen molar-refractivity contribution >= 4 is 7.82 Å². The fourth-order valence-corrected chi connectivity index (χ4v) is 2.64. The van der Waals surface area contributed by atoms with Crippen LogP contribution in [0.15, 0.2) is 0 Å². The molecule has 0 atom stereocenters. The minimum absolute atomic E-state index is 0.945. The second-order valence-electron chi connectivity index (χ2n) is 6.32. The van der Waals surface area contributed by atoms with Gasteiger partial charge in [0.2, 0.25) is 0 Å². The molecule has 0 rings (SSSR count). The van der Waals surface area contributed by atoms with Crippen LogP contribution in [-0.2, 0) is 9.09 Å². The maximum absolute atomic E-state index is 9.47. The Morgan fingerprint density at radius 1 is 0.739 bits per heavy atom. The van der Waals surface area contributed by atoms with E-state index in [4.69, 9.17) is 9.79 Å². The average molecular weight is 354 g/mol. The lowest BCUT2D eigenvalue weighted by Crippen LogP contribution is -2.50. The summed E-state index contributed by atoms with van der Waals surface area (Å²) in [6.07, 6.45) is 11.1. The molecule has 23 heavy (non-hydrogen) atoms. The highest BCUT2D eigenvalue weighted by Crippen LogP contribution is 2.33. The highest BCUT2D eigenvalue weighted by molar-refractivity contribution is 7.46. The Hall–Kier alpha value is 0.0700. The van der Waals surface area contributed by atoms with E-state index in [1.54, 1.807) is 0 Å². The third-order valence-electron chi connectivity index (χ3n) is 4.18. The smallest absolute Gasteiger partial charge is 0.324 e. The Morgan fingerprint density at radius 3 is 1.09 bits per heavy atom. The van der Waals surface area contributed by atoms with Gasteiger partial charge in [-0.2, -0.15) is 0 Å². The molecule has 0 fully saturated rings. The van der Waals surface area contributed by atoms with E-state index in [-0.39, 0.29) is 0 Å². The van der Waals surface area contributed by atoms with Crippen LogP contribution in [-0.4, -0.2) is 47.6 Å². The molecular weight excluding hydrogens is 313 g/mol. The van der Waals surface area contributed by atoms with E-state index in [1.807, 2.05) is 0 Å². The van der Waals surface area contributed by atoms with E-state index < -0.39 is 7.82 Å². The monoisotopic (exact) mass is 354 g/mol. The zero-order valence-corrected chi connectivity index (χ0v) is 17.0. The van der Waals surface area contributed by atoms with Crippen molar-refractivity contribution in [3.63, 3.8) is 0 Å². The van der Waals surface area contributed by atoms with Gasteiger partial charge < -0.3 is 14.3 Å². The zero-order valence-electron chi connectivity index (χ0n) is 16.1. The predicted octanol–water partition coefficient (Wildman–Crippen LogP) is 4.73. The standard InChI is InChI=1S/C16H36N.CH5O4P/c1-5-9-13-17(14-10-6-2,15-11-7-3)16-12-8-4;1-5-6(2,3)4/h5-16H2,1-4H3;1H3,(H2,2,3,4)/q+1;. The van der Waals surface area contributed by atoms with Crippen molar-refractivity contribution in [2.75, 3.05) is 33.3 Å². The van der Waals surface area contributed by atoms with Gasteiger partial charge in [0.05, 0.1) is 26.2 Å². The van der Waals surface area contributed by atoms with Gasteiger partial charge in [-0.3, -0.25) is 4.52 Å². The molecular formula is C17H41NO4P+. The van der Waals surface area contributed by atoms with Crippen molar-refractivity contribution in [1.82, 2.24) is 0 Å². The zero-order chi connectivity index (χ0) is 18.2. The van der Waals surface area contributed by atoms with Crippen LogP contribution in [0.2, 0.25) is 0 Å². The number of hydrogen-bond donors (Lipinski definition) is 2. The van der Waals surface area contributed by atoms with Gasteiger partial charge >= 0.3 is 7.82 Å². The normalized spacial score (nSPS) is 12.0. The lowest BCUT2D eigenvalue weighted by Gasteiger charge is -2.39. The molecule has 6 heteroatoms. The number of unbranched alkanes of at least 4 members (excludes halogenated alkanes) is 4. The minimum Gasteiger partial charge on any atom is -0.324 e. The molecule has 0 aromatic carbocycles. The van der Waals surface area contributed by atoms with Gasteiger partial charge in [0.15, 0.2) is 0 Å². The van der Waals surface area contributed by atoms with Gasteiger partial charge in [-0.15, -0.1) is 0 Å². The van der Waals surface area contributed by atoms with Crippen molar-refractivity contribution in [1.29, 1.82) is 0 Å². The maximum atomic E-state index is 9.47. The molecule has 0 aliphatic rings. The SMILES string of the molecule is CCCC[N+](CCCC)(CCCC)CCCC.COP(=O)(O)O. The van der Waals surface area contributed by atoms with Crippen LogP contribution >= 0.6 is 7.82 Å². The van der Waals surface area contributed by atoms with E-state index >= 15 is 0 Å². The fourth-order valence-electron chi connectivity index (χ4n) is 2.64. The topological polar surface area (TPSA) is 66.8 Å². The van der Waals surface area contributed by atoms with E-state index in [9.17, 15) is 4.57 Å². The van der Waals surface area contributed by atoms with Gasteiger partial charge in [-0.25, -0.2) is 4.57 Å². The molecule has 0 unspecified atom stereocenters. The quantitative estimate of drug-likeness (QED) is 0.371. The number of hydrogen-bond acceptors (Lipinski definition) is 2. The van der Waals surface area contributed by atoms with Crippen LogP contribution in [0.4, 0.5) is 0 Å². The van der Waals surface area contributed by atoms with Gasteiger partial charge in [0, 0.05) is 7.11 Å². The first kappa shape index (κ1) is 25.3. The molecule has 0 spiro atoms. The first-order chi connectivity index (χ1) is 10.8. The van der Waals surface area contributed by atoms with Crippen LogP contribution in [0.5, 0.6) is 0 Å². The summed E-state index contributed by atoms with van der Waals surface area (Å²) in [5.74, 6) is 0. The molecule has 0 saturated carbocycles. The number of nitrogens with zero attached hydrogens (tertiary/aromatic N) is 1. The van der Waals surface area contributed by atoms with Gasteiger partial charge in [-0.05, 0) is 25.7 Å². The predicted molar refractivity (Wildman–Crippen MR) is 98.4 cm³/mol. The minimum atomic E-state index is -4.15. The van der Waals surface area contributed by atoms with E-state index in [0.29, 0.717) is 0 Å². The fraction of sp³-hybridized carbons (Fsp3) is 1.00. The number of phosphoric ester groups is 1. The molecule has 0 aromatic rings. The summed E-state index contributed by atoms with van der Waals surface area (Å²) < 4.78 is 14.5. The van der Waals surface area contributed by atoms with Crippen LogP contribution in [0.3, 0.4) is 0 Å². The van der Waals surface area contributed by atoms with Crippen molar-refractivity contribution in [3.05, 3.63) is 0 Å². The Balaban J connectivity index is 0. The summed E-state index contributed by atoms with van der Waals surface area (Å²) in [6.45, 7) is 15.0. The molecule has 0 heterocycles. The summed E-state index contributed by atoms with van der Waals surface area (Å²) in [6, 6.07) is 0. The van der Waals surface area contributed by atoms with E-state index in [2.05, 4.69) is 32.2 Å². The molecule has 0 saturated heterocycles. The second-order valence-corrected chi connectivity index (χ2v) is 7.67. The second kappa shape index (κ2) is 15.6. The largest absolute Gasteiger partial charge is 0.469 e. The Kier molecular flexibility index (Phi) is 17.2. The average Bonchev–Trinajstić information content (AvgIpc) is 2.53. The van der Waals surface area contributed by atoms with Crippen molar-refractivity contribution in [2.24, 2.45) is 0 Å². The lowest BCUT2D eigenvalue weighted by atomic mass is 10.1. The molecule has 5 nitrogen and oxygen atoms in total. The van der Waals surface area contributed by atoms with E-state index in [1.165, 1.54) is 82.0 Å². The first-order valence-corrected chi connectivity index (χ1v) is 10.8. The third-order valence-corrected chi connectivity index (χ3v) is 4.66. The Bertz CT molecular complexity index is 257. The summed E-state index contributed by atoms with van der Waals surface area (Å²) in [7, 11) is -3.20. The highest BCUT2D eigenvalue weighted by Gasteiger charge is 2.24. The summed E-state index contributed by atoms with van der Waals surface area (Å²) >= 11 is 0. The van der Waals surface area contributed by atoms with Gasteiger partial charge in [0.1, 0.15) is 0 Å². The molecule has 0 bridgehead atoms. The van der Waals surface area contributed by atoms with Crippen LogP contribution in [0, 0.1) is 0 Å². The molecule has 0 aliphatic carbocycles. The summed E-state index contributed by atoms with van der Waals surface area (Å²) in [5.41, 5.74) is 0. The Labute approximate surface area is 144 Å². The maximum Gasteiger partial charge on any atom is 0.469 e. The molecule has 142 valence electrons. The van der Waals surface area contributed by atoms with Gasteiger partial charge in [-0.1, -0.05) is 53.4 Å². The third kappa shape index (κ3) is 16.7. The van der Waals surface area contributed by atoms with E-state index in [0.717, 1.165) is 7.11 Å². The number of phosphoric acid groups is 1. The van der Waals surface area contributed by atoms with Crippen LogP contribution in [0.1, 0.15) is 79.1 Å². The molecule has 0 radical (unpaired) electrons. The number of rotatable bonds is 13. The lowest BCUT2D eigenvalue weighted by molar-refractivity contribution is -0.929. The molecule has 0 amide bonds. The van der Waals surface area contributed by atoms with Gasteiger partial charge in [0.25, 0.3) is 0 Å².